The number of nitrogens with one attached hydrogen (secondary N) is 2. The lowest BCUT2D eigenvalue weighted by Gasteiger charge is -2.25. The number of hydrogen-bond acceptors (Lipinski definition) is 6. The molecule has 0 amide bonds. The van der Waals surface area contributed by atoms with Crippen molar-refractivity contribution >= 4 is 17.7 Å². The number of benzene rings is 1. The molecule has 0 radical (unpaired) electrons. The summed E-state index contributed by atoms with van der Waals surface area (Å²) in [5.74, 6) is 2.89. The highest BCUT2D eigenvalue weighted by atomic mass is 19.1. The molecule has 5 rings (SSSR count). The Hall–Kier alpha value is -3.03. The number of aromatic amines is 1. The highest BCUT2D eigenvalue weighted by Gasteiger charge is 2.31. The largest absolute Gasteiger partial charge is 0.334 e. The van der Waals surface area contributed by atoms with Gasteiger partial charge in [0.1, 0.15) is 11.6 Å². The van der Waals surface area contributed by atoms with Crippen LogP contribution in [0.3, 0.4) is 0 Å². The lowest BCUT2D eigenvalue weighted by molar-refractivity contribution is 0.577. The van der Waals surface area contributed by atoms with Gasteiger partial charge >= 0.3 is 0 Å². The summed E-state index contributed by atoms with van der Waals surface area (Å²) in [5, 5.41) is 10.6. The van der Waals surface area contributed by atoms with E-state index in [1.807, 2.05) is 25.1 Å². The maximum Gasteiger partial charge on any atom is 0.233 e. The fraction of sp³-hybridized carbons (Fsp3) is 0.429. The van der Waals surface area contributed by atoms with Crippen LogP contribution in [0.25, 0.3) is 0 Å². The number of aryl methyl sites for hydroxylation is 1. The third kappa shape index (κ3) is 3.66. The Balaban J connectivity index is 1.44. The van der Waals surface area contributed by atoms with Crippen LogP contribution in [0.4, 0.5) is 22.1 Å². The van der Waals surface area contributed by atoms with E-state index < -0.39 is 0 Å². The van der Waals surface area contributed by atoms with Crippen molar-refractivity contribution in [2.24, 2.45) is 0 Å². The second kappa shape index (κ2) is 7.42. The average molecular weight is 393 g/mol. The normalized spacial score (nSPS) is 19.0. The van der Waals surface area contributed by atoms with E-state index in [9.17, 15) is 4.39 Å². The van der Waals surface area contributed by atoms with Crippen molar-refractivity contribution in [3.05, 3.63) is 53.2 Å². The lowest BCUT2D eigenvalue weighted by atomic mass is 10.0. The number of H-pyrrole nitrogens is 1. The number of rotatable bonds is 6. The minimum Gasteiger partial charge on any atom is -0.334 e. The van der Waals surface area contributed by atoms with Crippen LogP contribution in [0, 0.1) is 5.82 Å². The van der Waals surface area contributed by atoms with E-state index in [-0.39, 0.29) is 11.9 Å². The molecular formula is C21H24FN7. The van der Waals surface area contributed by atoms with E-state index in [0.717, 1.165) is 25.1 Å². The van der Waals surface area contributed by atoms with Crippen LogP contribution in [0.5, 0.6) is 0 Å². The van der Waals surface area contributed by atoms with Gasteiger partial charge in [-0.3, -0.25) is 5.10 Å². The number of anilines is 3. The Kier molecular flexibility index (Phi) is 4.61. The second-order valence-electron chi connectivity index (χ2n) is 7.71. The molecule has 2 N–H and O–H groups in total. The number of nitrogens with zero attached hydrogens (tertiary/aromatic N) is 5. The van der Waals surface area contributed by atoms with Crippen LogP contribution in [-0.2, 0) is 6.42 Å². The Morgan fingerprint density at radius 2 is 2.03 bits per heavy atom. The lowest BCUT2D eigenvalue weighted by Crippen LogP contribution is -2.26. The van der Waals surface area contributed by atoms with Gasteiger partial charge in [0, 0.05) is 36.2 Å². The van der Waals surface area contributed by atoms with Gasteiger partial charge in [0.2, 0.25) is 11.9 Å². The predicted octanol–water partition coefficient (Wildman–Crippen LogP) is 4.26. The molecule has 1 atom stereocenters. The van der Waals surface area contributed by atoms with E-state index in [2.05, 4.69) is 35.4 Å². The topological polar surface area (TPSA) is 82.6 Å². The zero-order valence-corrected chi connectivity index (χ0v) is 16.4. The van der Waals surface area contributed by atoms with Crippen LogP contribution in [0.2, 0.25) is 0 Å². The first-order valence-corrected chi connectivity index (χ1v) is 10.3. The molecule has 29 heavy (non-hydrogen) atoms. The Labute approximate surface area is 168 Å². The molecule has 1 aliphatic heterocycles. The van der Waals surface area contributed by atoms with E-state index in [4.69, 9.17) is 0 Å². The number of aromatic nitrogens is 5. The standard InChI is InChI=1S/C21H24FN7/c1-2-18-23-20(24-19-12-16(27-28-19)13-9-10-13)26-21(25-18)29-11-5-8-17(29)14-6-3-4-7-15(14)22/h3-4,6-7,12-13,17H,2,5,8-11H2,1H3,(H2,23,24,25,26,27,28). The smallest absolute Gasteiger partial charge is 0.233 e. The SMILES string of the molecule is CCc1nc(Nc2cc(C3CC3)[nH]n2)nc(N2CCCC2c2ccccc2F)n1. The molecular weight excluding hydrogens is 369 g/mol. The van der Waals surface area contributed by atoms with Crippen LogP contribution in [-0.4, -0.2) is 31.7 Å². The molecule has 1 saturated heterocycles. The van der Waals surface area contributed by atoms with Crippen molar-refractivity contribution in [2.45, 2.75) is 51.0 Å². The van der Waals surface area contributed by atoms with Crippen LogP contribution < -0.4 is 10.2 Å². The van der Waals surface area contributed by atoms with Crippen molar-refractivity contribution in [1.29, 1.82) is 0 Å². The zero-order chi connectivity index (χ0) is 19.8. The highest BCUT2D eigenvalue weighted by molar-refractivity contribution is 5.51. The van der Waals surface area contributed by atoms with Gasteiger partial charge in [-0.15, -0.1) is 0 Å². The second-order valence-corrected chi connectivity index (χ2v) is 7.71. The van der Waals surface area contributed by atoms with E-state index in [1.54, 1.807) is 6.07 Å². The minimum absolute atomic E-state index is 0.0667. The van der Waals surface area contributed by atoms with Gasteiger partial charge in [-0.2, -0.15) is 20.1 Å². The van der Waals surface area contributed by atoms with Crippen molar-refractivity contribution in [3.8, 4) is 0 Å². The fourth-order valence-corrected chi connectivity index (χ4v) is 3.94. The third-order valence-electron chi connectivity index (χ3n) is 5.61. The molecule has 2 fully saturated rings. The quantitative estimate of drug-likeness (QED) is 0.651. The monoisotopic (exact) mass is 393 g/mol. The Morgan fingerprint density at radius 3 is 2.83 bits per heavy atom. The molecule has 7 nitrogen and oxygen atoms in total. The van der Waals surface area contributed by atoms with Crippen molar-refractivity contribution in [1.82, 2.24) is 25.1 Å². The molecule has 1 aliphatic carbocycles. The van der Waals surface area contributed by atoms with Gasteiger partial charge < -0.3 is 10.2 Å². The van der Waals surface area contributed by atoms with E-state index in [1.165, 1.54) is 18.9 Å². The van der Waals surface area contributed by atoms with Crippen LogP contribution in [0.1, 0.15) is 61.6 Å². The van der Waals surface area contributed by atoms with E-state index >= 15 is 0 Å². The summed E-state index contributed by atoms with van der Waals surface area (Å²) in [7, 11) is 0. The van der Waals surface area contributed by atoms with Gasteiger partial charge in [0.15, 0.2) is 5.82 Å². The van der Waals surface area contributed by atoms with Gasteiger partial charge in [0.05, 0.1) is 6.04 Å². The van der Waals surface area contributed by atoms with E-state index in [0.29, 0.717) is 41.4 Å². The summed E-state index contributed by atoms with van der Waals surface area (Å²) < 4.78 is 14.4. The molecule has 3 heterocycles. The summed E-state index contributed by atoms with van der Waals surface area (Å²) in [6, 6.07) is 8.91. The molecule has 2 aliphatic rings. The number of hydrogen-bond donors (Lipinski definition) is 2. The molecule has 1 unspecified atom stereocenters. The van der Waals surface area contributed by atoms with Crippen molar-refractivity contribution < 1.29 is 4.39 Å². The summed E-state index contributed by atoms with van der Waals surface area (Å²) in [5.41, 5.74) is 1.84. The molecule has 2 aromatic heterocycles. The molecule has 8 heteroatoms. The first kappa shape index (κ1) is 18.0. The molecule has 1 aromatic carbocycles. The van der Waals surface area contributed by atoms with Crippen LogP contribution in [0.15, 0.2) is 30.3 Å². The highest BCUT2D eigenvalue weighted by Crippen LogP contribution is 2.40. The molecule has 150 valence electrons. The fourth-order valence-electron chi connectivity index (χ4n) is 3.94. The summed E-state index contributed by atoms with van der Waals surface area (Å²) in [6.07, 6.45) is 4.96. The van der Waals surface area contributed by atoms with Crippen LogP contribution >= 0.6 is 0 Å². The first-order valence-electron chi connectivity index (χ1n) is 10.3. The first-order chi connectivity index (χ1) is 14.2. The van der Waals surface area contributed by atoms with Gasteiger partial charge in [-0.25, -0.2) is 4.39 Å². The third-order valence-corrected chi connectivity index (χ3v) is 5.61. The molecule has 0 spiro atoms. The Bertz CT molecular complexity index is 1010. The maximum absolute atomic E-state index is 14.4. The maximum atomic E-state index is 14.4. The van der Waals surface area contributed by atoms with Gasteiger partial charge in [0.25, 0.3) is 0 Å². The average Bonchev–Trinajstić information content (AvgIpc) is 3.28. The summed E-state index contributed by atoms with van der Waals surface area (Å²) >= 11 is 0. The predicted molar refractivity (Wildman–Crippen MR) is 109 cm³/mol. The zero-order valence-electron chi connectivity index (χ0n) is 16.4. The molecule has 1 saturated carbocycles. The van der Waals surface area contributed by atoms with Crippen molar-refractivity contribution in [2.75, 3.05) is 16.8 Å². The summed E-state index contributed by atoms with van der Waals surface area (Å²) in [4.78, 5) is 15.9. The van der Waals surface area contributed by atoms with Crippen molar-refractivity contribution in [3.63, 3.8) is 0 Å². The number of halogens is 1. The van der Waals surface area contributed by atoms with Gasteiger partial charge in [-0.05, 0) is 31.7 Å². The molecule has 3 aromatic rings. The Morgan fingerprint density at radius 1 is 1.17 bits per heavy atom. The molecule has 0 bridgehead atoms. The van der Waals surface area contributed by atoms with Gasteiger partial charge in [-0.1, -0.05) is 25.1 Å². The minimum atomic E-state index is -0.184. The summed E-state index contributed by atoms with van der Waals surface area (Å²) in [6.45, 7) is 2.81.